The number of methoxy groups -OCH3 is 1. The number of carbonyl (C=O) groups is 1. The zero-order chi connectivity index (χ0) is 16.8. The van der Waals surface area contributed by atoms with Crippen molar-refractivity contribution < 1.29 is 9.53 Å². The molecule has 23 heavy (non-hydrogen) atoms. The minimum absolute atomic E-state index is 0.0255. The van der Waals surface area contributed by atoms with Crippen molar-refractivity contribution in [3.8, 4) is 5.75 Å². The molecule has 1 amide bonds. The molecule has 2 rings (SSSR count). The van der Waals surface area contributed by atoms with Crippen LogP contribution in [0.5, 0.6) is 5.75 Å². The Kier molecular flexibility index (Phi) is 5.80. The van der Waals surface area contributed by atoms with Crippen molar-refractivity contribution in [1.82, 2.24) is 5.32 Å². The van der Waals surface area contributed by atoms with Crippen LogP contribution in [0.15, 0.2) is 42.5 Å². The molecule has 1 atom stereocenters. The molecule has 3 nitrogen and oxygen atoms in total. The fourth-order valence-corrected chi connectivity index (χ4v) is 2.68. The summed E-state index contributed by atoms with van der Waals surface area (Å²) in [5.41, 5.74) is 4.43. The fraction of sp³-hybridized carbons (Fsp3) is 0.350. The van der Waals surface area contributed by atoms with Crippen molar-refractivity contribution in [3.63, 3.8) is 0 Å². The van der Waals surface area contributed by atoms with Gasteiger partial charge in [-0.1, -0.05) is 48.9 Å². The summed E-state index contributed by atoms with van der Waals surface area (Å²) in [5, 5.41) is 3.13. The third-order valence-corrected chi connectivity index (χ3v) is 4.05. The van der Waals surface area contributed by atoms with E-state index in [2.05, 4.69) is 18.3 Å². The molecule has 3 heteroatoms. The molecule has 2 aromatic rings. The van der Waals surface area contributed by atoms with Crippen LogP contribution in [-0.2, 0) is 11.2 Å². The highest BCUT2D eigenvalue weighted by atomic mass is 16.5. The van der Waals surface area contributed by atoms with Crippen LogP contribution in [0.1, 0.15) is 41.6 Å². The van der Waals surface area contributed by atoms with Crippen molar-refractivity contribution in [1.29, 1.82) is 0 Å². The lowest BCUT2D eigenvalue weighted by molar-refractivity contribution is -0.121. The molecule has 0 fully saturated rings. The maximum Gasteiger partial charge on any atom is 0.224 e. The van der Waals surface area contributed by atoms with E-state index in [9.17, 15) is 4.79 Å². The van der Waals surface area contributed by atoms with Crippen LogP contribution in [0, 0.1) is 13.8 Å². The molecule has 0 saturated carbocycles. The number of benzene rings is 2. The molecule has 122 valence electrons. The molecule has 0 unspecified atom stereocenters. The number of amides is 1. The Hall–Kier alpha value is -2.29. The van der Waals surface area contributed by atoms with E-state index in [0.717, 1.165) is 28.9 Å². The van der Waals surface area contributed by atoms with Crippen LogP contribution in [0.25, 0.3) is 0 Å². The first-order valence-electron chi connectivity index (χ1n) is 8.03. The summed E-state index contributed by atoms with van der Waals surface area (Å²) in [6, 6.07) is 14.2. The van der Waals surface area contributed by atoms with Crippen molar-refractivity contribution in [2.45, 2.75) is 39.7 Å². The van der Waals surface area contributed by atoms with E-state index in [1.807, 2.05) is 50.2 Å². The minimum atomic E-state index is 0.0255. The zero-order valence-electron chi connectivity index (χ0n) is 14.3. The minimum Gasteiger partial charge on any atom is -0.496 e. The lowest BCUT2D eigenvalue weighted by Gasteiger charge is -2.19. The Balaban J connectivity index is 2.05. The second-order valence-electron chi connectivity index (χ2n) is 5.92. The van der Waals surface area contributed by atoms with E-state index in [1.54, 1.807) is 7.11 Å². The summed E-state index contributed by atoms with van der Waals surface area (Å²) in [6.45, 7) is 6.14. The third-order valence-electron chi connectivity index (χ3n) is 4.05. The van der Waals surface area contributed by atoms with Crippen molar-refractivity contribution >= 4 is 5.91 Å². The van der Waals surface area contributed by atoms with Crippen molar-refractivity contribution in [3.05, 3.63) is 64.7 Å². The first-order valence-corrected chi connectivity index (χ1v) is 8.03. The molecule has 0 aromatic heterocycles. The number of rotatable bonds is 6. The molecule has 0 heterocycles. The van der Waals surface area contributed by atoms with Crippen LogP contribution < -0.4 is 10.1 Å². The number of hydrogen-bond acceptors (Lipinski definition) is 2. The van der Waals surface area contributed by atoms with Gasteiger partial charge < -0.3 is 10.1 Å². The van der Waals surface area contributed by atoms with E-state index < -0.39 is 0 Å². The number of nitrogens with one attached hydrogen (secondary N) is 1. The topological polar surface area (TPSA) is 38.3 Å². The highest BCUT2D eigenvalue weighted by molar-refractivity contribution is 5.79. The lowest BCUT2D eigenvalue weighted by Crippen LogP contribution is -2.29. The number of hydrogen-bond donors (Lipinski definition) is 1. The van der Waals surface area contributed by atoms with E-state index in [-0.39, 0.29) is 11.9 Å². The van der Waals surface area contributed by atoms with Crippen LogP contribution in [0.3, 0.4) is 0 Å². The molecule has 0 spiro atoms. The van der Waals surface area contributed by atoms with Gasteiger partial charge in [-0.15, -0.1) is 0 Å². The SMILES string of the molecule is CC[C@H](NC(=O)Cc1ccc(C)cc1)c1ccc(OC)c(C)c1. The maximum absolute atomic E-state index is 12.3. The van der Waals surface area contributed by atoms with Gasteiger partial charge in [-0.25, -0.2) is 0 Å². The second-order valence-corrected chi connectivity index (χ2v) is 5.92. The summed E-state index contributed by atoms with van der Waals surface area (Å²) in [6.07, 6.45) is 1.26. The Morgan fingerprint density at radius 3 is 2.39 bits per heavy atom. The summed E-state index contributed by atoms with van der Waals surface area (Å²) in [4.78, 5) is 12.3. The van der Waals surface area contributed by atoms with Gasteiger partial charge in [0.25, 0.3) is 0 Å². The monoisotopic (exact) mass is 311 g/mol. The second kappa shape index (κ2) is 7.82. The maximum atomic E-state index is 12.3. The Bertz CT molecular complexity index is 662. The summed E-state index contributed by atoms with van der Waals surface area (Å²) >= 11 is 0. The summed E-state index contributed by atoms with van der Waals surface area (Å²) in [7, 11) is 1.67. The van der Waals surface area contributed by atoms with Gasteiger partial charge in [0, 0.05) is 0 Å². The number of aryl methyl sites for hydroxylation is 2. The molecular weight excluding hydrogens is 286 g/mol. The number of ether oxygens (including phenoxy) is 1. The van der Waals surface area contributed by atoms with E-state index >= 15 is 0 Å². The Morgan fingerprint density at radius 1 is 1.13 bits per heavy atom. The first kappa shape index (κ1) is 17.1. The van der Waals surface area contributed by atoms with Gasteiger partial charge in [0.1, 0.15) is 5.75 Å². The molecule has 0 bridgehead atoms. The van der Waals surface area contributed by atoms with Gasteiger partial charge in [-0.05, 0) is 43.0 Å². The molecule has 0 aliphatic rings. The first-order chi connectivity index (χ1) is 11.0. The average molecular weight is 311 g/mol. The predicted octanol–water partition coefficient (Wildman–Crippen LogP) is 4.12. The van der Waals surface area contributed by atoms with E-state index in [4.69, 9.17) is 4.74 Å². The predicted molar refractivity (Wildman–Crippen MR) is 93.8 cm³/mol. The molecule has 0 saturated heterocycles. The van der Waals surface area contributed by atoms with Gasteiger partial charge in [-0.2, -0.15) is 0 Å². The van der Waals surface area contributed by atoms with Crippen molar-refractivity contribution in [2.24, 2.45) is 0 Å². The molecule has 0 aliphatic carbocycles. The van der Waals surface area contributed by atoms with Crippen LogP contribution in [0.2, 0.25) is 0 Å². The van der Waals surface area contributed by atoms with E-state index in [0.29, 0.717) is 6.42 Å². The fourth-order valence-electron chi connectivity index (χ4n) is 2.68. The largest absolute Gasteiger partial charge is 0.496 e. The highest BCUT2D eigenvalue weighted by Gasteiger charge is 2.14. The van der Waals surface area contributed by atoms with Gasteiger partial charge in [0.15, 0.2) is 0 Å². The summed E-state index contributed by atoms with van der Waals surface area (Å²) < 4.78 is 5.30. The van der Waals surface area contributed by atoms with E-state index in [1.165, 1.54) is 5.56 Å². The molecule has 1 N–H and O–H groups in total. The van der Waals surface area contributed by atoms with Gasteiger partial charge in [-0.3, -0.25) is 4.79 Å². The van der Waals surface area contributed by atoms with Crippen LogP contribution >= 0.6 is 0 Å². The van der Waals surface area contributed by atoms with Crippen LogP contribution in [-0.4, -0.2) is 13.0 Å². The average Bonchev–Trinajstić information content (AvgIpc) is 2.54. The Labute approximate surface area is 138 Å². The molecule has 0 aliphatic heterocycles. The zero-order valence-corrected chi connectivity index (χ0v) is 14.3. The number of carbonyl (C=O) groups excluding carboxylic acids is 1. The lowest BCUT2D eigenvalue weighted by atomic mass is 10.0. The quantitative estimate of drug-likeness (QED) is 0.871. The standard InChI is InChI=1S/C20H25NO2/c1-5-18(17-10-11-19(23-4)15(3)12-17)21-20(22)13-16-8-6-14(2)7-9-16/h6-12,18H,5,13H2,1-4H3,(H,21,22)/t18-/m0/s1. The van der Waals surface area contributed by atoms with Gasteiger partial charge >= 0.3 is 0 Å². The normalized spacial score (nSPS) is 11.8. The third kappa shape index (κ3) is 4.59. The highest BCUT2D eigenvalue weighted by Crippen LogP contribution is 2.24. The summed E-state index contributed by atoms with van der Waals surface area (Å²) in [5.74, 6) is 0.920. The molecule has 0 radical (unpaired) electrons. The van der Waals surface area contributed by atoms with Crippen molar-refractivity contribution in [2.75, 3.05) is 7.11 Å². The molecule has 2 aromatic carbocycles. The smallest absolute Gasteiger partial charge is 0.224 e. The molecular formula is C20H25NO2. The van der Waals surface area contributed by atoms with Gasteiger partial charge in [0.05, 0.1) is 19.6 Å². The van der Waals surface area contributed by atoms with Gasteiger partial charge in [0.2, 0.25) is 5.91 Å². The van der Waals surface area contributed by atoms with Crippen LogP contribution in [0.4, 0.5) is 0 Å². The Morgan fingerprint density at radius 2 is 1.83 bits per heavy atom.